The van der Waals surface area contributed by atoms with E-state index in [4.69, 9.17) is 4.74 Å². The highest BCUT2D eigenvalue weighted by atomic mass is 16.5. The average molecular weight is 274 g/mol. The zero-order valence-electron chi connectivity index (χ0n) is 11.7. The molecule has 1 aromatic carbocycles. The zero-order chi connectivity index (χ0) is 15.1. The van der Waals surface area contributed by atoms with Gasteiger partial charge in [-0.2, -0.15) is 0 Å². The first-order valence-electron chi connectivity index (χ1n) is 6.42. The monoisotopic (exact) mass is 274 g/mol. The minimum atomic E-state index is -0.894. The second-order valence-electron chi connectivity index (χ2n) is 4.42. The number of ketones is 2. The Kier molecular flexibility index (Phi) is 5.84. The summed E-state index contributed by atoms with van der Waals surface area (Å²) in [5, 5.41) is 0. The molecule has 0 aliphatic carbocycles. The molecule has 0 radical (unpaired) electrons. The summed E-state index contributed by atoms with van der Waals surface area (Å²) < 4.78 is 4.81. The summed E-state index contributed by atoms with van der Waals surface area (Å²) in [4.78, 5) is 35.5. The second-order valence-corrected chi connectivity index (χ2v) is 4.42. The van der Waals surface area contributed by atoms with Gasteiger partial charge >= 0.3 is 5.97 Å². The van der Waals surface area contributed by atoms with Crippen LogP contribution >= 0.6 is 0 Å². The third kappa shape index (κ3) is 4.16. The van der Waals surface area contributed by atoms with E-state index in [9.17, 15) is 14.4 Å². The lowest BCUT2D eigenvalue weighted by molar-refractivity contribution is -0.138. The Labute approximate surface area is 118 Å². The number of esters is 1. The van der Waals surface area contributed by atoms with Crippen LogP contribution in [0.1, 0.15) is 30.6 Å². The standard InChI is InChI=1S/C16H18O4/c1-4-20-16(19)11(2)10-14(12(3)17)15(18)13-8-6-5-7-9-13/h5-9,14H,2,4,10H2,1,3H3. The lowest BCUT2D eigenvalue weighted by Crippen LogP contribution is -2.24. The van der Waals surface area contributed by atoms with Crippen LogP contribution in [0.2, 0.25) is 0 Å². The first-order valence-corrected chi connectivity index (χ1v) is 6.42. The number of rotatable bonds is 7. The van der Waals surface area contributed by atoms with Crippen molar-refractivity contribution in [3.8, 4) is 0 Å². The fourth-order valence-electron chi connectivity index (χ4n) is 1.79. The molecule has 0 heterocycles. The summed E-state index contributed by atoms with van der Waals surface area (Å²) in [7, 11) is 0. The molecule has 0 aliphatic heterocycles. The van der Waals surface area contributed by atoms with Crippen molar-refractivity contribution in [2.75, 3.05) is 6.61 Å². The normalized spacial score (nSPS) is 11.5. The summed E-state index contributed by atoms with van der Waals surface area (Å²) >= 11 is 0. The van der Waals surface area contributed by atoms with Crippen molar-refractivity contribution in [1.29, 1.82) is 0 Å². The van der Waals surface area contributed by atoms with Gasteiger partial charge in [0.15, 0.2) is 5.78 Å². The van der Waals surface area contributed by atoms with Crippen LogP contribution in [-0.4, -0.2) is 24.1 Å². The van der Waals surface area contributed by atoms with Crippen molar-refractivity contribution in [2.45, 2.75) is 20.3 Å². The predicted octanol–water partition coefficient (Wildman–Crippen LogP) is 2.58. The fraction of sp³-hybridized carbons (Fsp3) is 0.312. The maximum atomic E-state index is 12.3. The first kappa shape index (κ1) is 15.8. The molecule has 0 saturated heterocycles. The summed E-state index contributed by atoms with van der Waals surface area (Å²) in [6.07, 6.45) is -0.0120. The van der Waals surface area contributed by atoms with E-state index in [1.54, 1.807) is 37.3 Å². The van der Waals surface area contributed by atoms with Crippen molar-refractivity contribution in [3.05, 3.63) is 48.0 Å². The number of benzene rings is 1. The molecule has 0 aromatic heterocycles. The summed E-state index contributed by atoms with van der Waals surface area (Å²) in [6.45, 7) is 6.84. The molecule has 106 valence electrons. The molecule has 4 heteroatoms. The molecule has 0 aliphatic rings. The largest absolute Gasteiger partial charge is 0.463 e. The number of carbonyl (C=O) groups excluding carboxylic acids is 3. The van der Waals surface area contributed by atoms with Crippen LogP contribution in [0, 0.1) is 5.92 Å². The van der Waals surface area contributed by atoms with Gasteiger partial charge in [-0.25, -0.2) is 4.79 Å². The van der Waals surface area contributed by atoms with Crippen LogP contribution in [0.15, 0.2) is 42.5 Å². The molecule has 1 aromatic rings. The van der Waals surface area contributed by atoms with Gasteiger partial charge < -0.3 is 4.74 Å². The van der Waals surface area contributed by atoms with E-state index >= 15 is 0 Å². The third-order valence-electron chi connectivity index (χ3n) is 2.88. The van der Waals surface area contributed by atoms with Crippen LogP contribution in [0.4, 0.5) is 0 Å². The Bertz CT molecular complexity index is 517. The molecule has 0 bridgehead atoms. The van der Waals surface area contributed by atoms with Crippen LogP contribution in [0.5, 0.6) is 0 Å². The number of carbonyl (C=O) groups is 3. The van der Waals surface area contributed by atoms with Crippen LogP contribution in [0.25, 0.3) is 0 Å². The quantitative estimate of drug-likeness (QED) is 0.332. The van der Waals surface area contributed by atoms with Crippen molar-refractivity contribution < 1.29 is 19.1 Å². The molecule has 0 fully saturated rings. The van der Waals surface area contributed by atoms with E-state index < -0.39 is 11.9 Å². The van der Waals surface area contributed by atoms with E-state index in [1.807, 2.05) is 0 Å². The predicted molar refractivity (Wildman–Crippen MR) is 75.3 cm³/mol. The Morgan fingerprint density at radius 1 is 1.20 bits per heavy atom. The van der Waals surface area contributed by atoms with Crippen molar-refractivity contribution >= 4 is 17.5 Å². The van der Waals surface area contributed by atoms with Gasteiger partial charge in [-0.05, 0) is 20.3 Å². The SMILES string of the molecule is C=C(CC(C(C)=O)C(=O)c1ccccc1)C(=O)OCC. The van der Waals surface area contributed by atoms with Gasteiger partial charge in [-0.15, -0.1) is 0 Å². The van der Waals surface area contributed by atoms with E-state index in [1.165, 1.54) is 6.92 Å². The van der Waals surface area contributed by atoms with Gasteiger partial charge in [0.05, 0.1) is 12.5 Å². The average Bonchev–Trinajstić information content (AvgIpc) is 2.44. The molecule has 1 atom stereocenters. The minimum Gasteiger partial charge on any atom is -0.463 e. The topological polar surface area (TPSA) is 60.4 Å². The Hall–Kier alpha value is -2.23. The zero-order valence-corrected chi connectivity index (χ0v) is 11.7. The Morgan fingerprint density at radius 2 is 1.80 bits per heavy atom. The maximum absolute atomic E-state index is 12.3. The fourth-order valence-corrected chi connectivity index (χ4v) is 1.79. The molecular formula is C16H18O4. The van der Waals surface area contributed by atoms with Crippen molar-refractivity contribution in [2.24, 2.45) is 5.92 Å². The molecule has 20 heavy (non-hydrogen) atoms. The first-order chi connectivity index (χ1) is 9.47. The van der Waals surface area contributed by atoms with Gasteiger partial charge in [-0.1, -0.05) is 36.9 Å². The highest BCUT2D eigenvalue weighted by Crippen LogP contribution is 2.18. The van der Waals surface area contributed by atoms with Crippen molar-refractivity contribution in [3.63, 3.8) is 0 Å². The van der Waals surface area contributed by atoms with E-state index in [0.717, 1.165) is 0 Å². The second kappa shape index (κ2) is 7.38. The van der Waals surface area contributed by atoms with Gasteiger partial charge in [0.1, 0.15) is 5.78 Å². The van der Waals surface area contributed by atoms with E-state index in [-0.39, 0.29) is 30.2 Å². The molecule has 1 unspecified atom stereocenters. The lowest BCUT2D eigenvalue weighted by Gasteiger charge is -2.13. The van der Waals surface area contributed by atoms with E-state index in [2.05, 4.69) is 6.58 Å². The van der Waals surface area contributed by atoms with Crippen LogP contribution < -0.4 is 0 Å². The summed E-state index contributed by atoms with van der Waals surface area (Å²) in [6, 6.07) is 8.53. The maximum Gasteiger partial charge on any atom is 0.333 e. The van der Waals surface area contributed by atoms with E-state index in [0.29, 0.717) is 5.56 Å². The molecule has 0 spiro atoms. The summed E-state index contributed by atoms with van der Waals surface area (Å²) in [5.74, 6) is -2.05. The number of hydrogen-bond donors (Lipinski definition) is 0. The Balaban J connectivity index is 2.85. The van der Waals surface area contributed by atoms with Gasteiger partial charge in [0, 0.05) is 11.1 Å². The van der Waals surface area contributed by atoms with Gasteiger partial charge in [-0.3, -0.25) is 9.59 Å². The Morgan fingerprint density at radius 3 is 2.30 bits per heavy atom. The number of Topliss-reactive ketones (excluding diaryl/α,β-unsaturated/α-hetero) is 2. The molecular weight excluding hydrogens is 256 g/mol. The number of ether oxygens (including phenoxy) is 1. The molecule has 0 saturated carbocycles. The molecule has 4 nitrogen and oxygen atoms in total. The number of hydrogen-bond acceptors (Lipinski definition) is 4. The van der Waals surface area contributed by atoms with Crippen LogP contribution in [0.3, 0.4) is 0 Å². The van der Waals surface area contributed by atoms with Gasteiger partial charge in [0.2, 0.25) is 0 Å². The lowest BCUT2D eigenvalue weighted by atomic mass is 9.89. The van der Waals surface area contributed by atoms with Crippen LogP contribution in [-0.2, 0) is 14.3 Å². The highest BCUT2D eigenvalue weighted by Gasteiger charge is 2.27. The minimum absolute atomic E-state index is 0.0120. The highest BCUT2D eigenvalue weighted by molar-refractivity contribution is 6.10. The van der Waals surface area contributed by atoms with Crippen molar-refractivity contribution in [1.82, 2.24) is 0 Å². The smallest absolute Gasteiger partial charge is 0.333 e. The summed E-state index contributed by atoms with van der Waals surface area (Å²) in [5.41, 5.74) is 0.584. The molecule has 0 N–H and O–H groups in total. The molecule has 1 rings (SSSR count). The third-order valence-corrected chi connectivity index (χ3v) is 2.88. The molecule has 0 amide bonds. The van der Waals surface area contributed by atoms with Gasteiger partial charge in [0.25, 0.3) is 0 Å².